The minimum atomic E-state index is 0.708. The Bertz CT molecular complexity index is 315. The summed E-state index contributed by atoms with van der Waals surface area (Å²) in [5.41, 5.74) is 6.86. The molecule has 0 atom stereocenters. The monoisotopic (exact) mass is 334 g/mol. The van der Waals surface area contributed by atoms with Gasteiger partial charge in [-0.25, -0.2) is 0 Å². The third-order valence-corrected chi connectivity index (χ3v) is 3.56. The van der Waals surface area contributed by atoms with Crippen LogP contribution in [-0.4, -0.2) is 24.5 Å². The Kier molecular flexibility index (Phi) is 5.82. The summed E-state index contributed by atoms with van der Waals surface area (Å²) in [5.74, 6) is 0. The van der Waals surface area contributed by atoms with Crippen LogP contribution < -0.4 is 5.73 Å². The van der Waals surface area contributed by atoms with Crippen LogP contribution in [0.25, 0.3) is 0 Å². The van der Waals surface area contributed by atoms with Gasteiger partial charge in [0, 0.05) is 28.6 Å². The van der Waals surface area contributed by atoms with Gasteiger partial charge in [0.05, 0.1) is 0 Å². The van der Waals surface area contributed by atoms with Crippen LogP contribution in [0.15, 0.2) is 27.1 Å². The molecule has 0 aliphatic rings. The van der Waals surface area contributed by atoms with Crippen molar-refractivity contribution in [2.24, 2.45) is 5.73 Å². The molecule has 0 bridgehead atoms. The molecule has 84 valence electrons. The highest BCUT2D eigenvalue weighted by Gasteiger charge is 2.06. The highest BCUT2D eigenvalue weighted by molar-refractivity contribution is 9.11. The summed E-state index contributed by atoms with van der Waals surface area (Å²) in [6.07, 6.45) is 0. The van der Waals surface area contributed by atoms with E-state index in [0.717, 1.165) is 28.6 Å². The lowest BCUT2D eigenvalue weighted by atomic mass is 10.2. The summed E-state index contributed by atoms with van der Waals surface area (Å²) < 4.78 is 2.27. The largest absolute Gasteiger partial charge is 0.329 e. The summed E-state index contributed by atoms with van der Waals surface area (Å²) in [6, 6.07) is 6.24. The molecule has 2 nitrogen and oxygen atoms in total. The maximum Gasteiger partial charge on any atom is 0.0245 e. The topological polar surface area (TPSA) is 29.3 Å². The molecule has 0 heterocycles. The number of hydrogen-bond acceptors (Lipinski definition) is 2. The van der Waals surface area contributed by atoms with Crippen molar-refractivity contribution in [2.45, 2.75) is 13.5 Å². The van der Waals surface area contributed by atoms with E-state index in [2.05, 4.69) is 55.8 Å². The second-order valence-electron chi connectivity index (χ2n) is 3.39. The van der Waals surface area contributed by atoms with E-state index in [1.165, 1.54) is 5.56 Å². The van der Waals surface area contributed by atoms with Crippen molar-refractivity contribution in [3.8, 4) is 0 Å². The van der Waals surface area contributed by atoms with Crippen molar-refractivity contribution < 1.29 is 0 Å². The summed E-state index contributed by atoms with van der Waals surface area (Å²) in [6.45, 7) is 5.76. The van der Waals surface area contributed by atoms with E-state index >= 15 is 0 Å². The van der Waals surface area contributed by atoms with Crippen molar-refractivity contribution >= 4 is 31.9 Å². The number of hydrogen-bond donors (Lipinski definition) is 1. The standard InChI is InChI=1S/C11H16Br2N2/c1-2-15(6-5-14)8-9-7-10(12)3-4-11(9)13/h3-4,7H,2,5-6,8,14H2,1H3. The molecule has 0 aromatic heterocycles. The van der Waals surface area contributed by atoms with E-state index < -0.39 is 0 Å². The first-order valence-electron chi connectivity index (χ1n) is 5.03. The Balaban J connectivity index is 2.73. The molecule has 0 spiro atoms. The number of halogens is 2. The summed E-state index contributed by atoms with van der Waals surface area (Å²) in [5, 5.41) is 0. The number of nitrogens with two attached hydrogens (primary N) is 1. The molecule has 1 aromatic rings. The lowest BCUT2D eigenvalue weighted by Gasteiger charge is -2.20. The number of nitrogens with zero attached hydrogens (tertiary/aromatic N) is 1. The normalized spacial score (nSPS) is 11.0. The van der Waals surface area contributed by atoms with Gasteiger partial charge in [-0.2, -0.15) is 0 Å². The van der Waals surface area contributed by atoms with Gasteiger partial charge in [0.15, 0.2) is 0 Å². The van der Waals surface area contributed by atoms with Crippen LogP contribution in [-0.2, 0) is 6.54 Å². The summed E-state index contributed by atoms with van der Waals surface area (Å²) in [4.78, 5) is 2.33. The van der Waals surface area contributed by atoms with Gasteiger partial charge in [0.25, 0.3) is 0 Å². The number of rotatable bonds is 5. The van der Waals surface area contributed by atoms with Gasteiger partial charge in [-0.15, -0.1) is 0 Å². The van der Waals surface area contributed by atoms with Gasteiger partial charge < -0.3 is 5.73 Å². The zero-order valence-electron chi connectivity index (χ0n) is 8.84. The molecule has 0 saturated carbocycles. The van der Waals surface area contributed by atoms with E-state index in [9.17, 15) is 0 Å². The molecular formula is C11H16Br2N2. The lowest BCUT2D eigenvalue weighted by Crippen LogP contribution is -2.28. The molecule has 0 aliphatic carbocycles. The molecule has 0 radical (unpaired) electrons. The molecule has 0 fully saturated rings. The lowest BCUT2D eigenvalue weighted by molar-refractivity contribution is 0.287. The van der Waals surface area contributed by atoms with Crippen molar-refractivity contribution in [1.29, 1.82) is 0 Å². The molecule has 2 N–H and O–H groups in total. The Labute approximate surface area is 108 Å². The Morgan fingerprint density at radius 2 is 2.07 bits per heavy atom. The van der Waals surface area contributed by atoms with Crippen molar-refractivity contribution in [1.82, 2.24) is 4.90 Å². The van der Waals surface area contributed by atoms with E-state index in [-0.39, 0.29) is 0 Å². The third kappa shape index (κ3) is 4.23. The maximum absolute atomic E-state index is 5.56. The van der Waals surface area contributed by atoms with Crippen molar-refractivity contribution in [3.05, 3.63) is 32.7 Å². The Hall–Kier alpha value is 0.1000. The summed E-state index contributed by atoms with van der Waals surface area (Å²) >= 11 is 7.04. The van der Waals surface area contributed by atoms with Crippen LogP contribution in [0.4, 0.5) is 0 Å². The Morgan fingerprint density at radius 3 is 2.67 bits per heavy atom. The van der Waals surface area contributed by atoms with Crippen LogP contribution in [0.2, 0.25) is 0 Å². The second-order valence-corrected chi connectivity index (χ2v) is 5.16. The zero-order valence-corrected chi connectivity index (χ0v) is 12.0. The SMILES string of the molecule is CCN(CCN)Cc1cc(Br)ccc1Br. The highest BCUT2D eigenvalue weighted by Crippen LogP contribution is 2.22. The van der Waals surface area contributed by atoms with Crippen LogP contribution in [0.1, 0.15) is 12.5 Å². The third-order valence-electron chi connectivity index (χ3n) is 2.29. The van der Waals surface area contributed by atoms with E-state index in [4.69, 9.17) is 5.73 Å². The van der Waals surface area contributed by atoms with Crippen LogP contribution in [0.5, 0.6) is 0 Å². The first-order valence-corrected chi connectivity index (χ1v) is 6.62. The van der Waals surface area contributed by atoms with Gasteiger partial charge in [0.2, 0.25) is 0 Å². The predicted octanol–water partition coefficient (Wildman–Crippen LogP) is 2.99. The van der Waals surface area contributed by atoms with Gasteiger partial charge in [-0.3, -0.25) is 4.90 Å². The minimum absolute atomic E-state index is 0.708. The number of benzene rings is 1. The van der Waals surface area contributed by atoms with Crippen LogP contribution in [0, 0.1) is 0 Å². The molecule has 0 saturated heterocycles. The molecule has 1 aromatic carbocycles. The van der Waals surface area contributed by atoms with E-state index in [0.29, 0.717) is 6.54 Å². The molecule has 4 heteroatoms. The van der Waals surface area contributed by atoms with Gasteiger partial charge in [-0.1, -0.05) is 38.8 Å². The van der Waals surface area contributed by atoms with Crippen LogP contribution in [0.3, 0.4) is 0 Å². The fourth-order valence-electron chi connectivity index (χ4n) is 1.44. The van der Waals surface area contributed by atoms with Crippen molar-refractivity contribution in [3.63, 3.8) is 0 Å². The second kappa shape index (κ2) is 6.63. The quantitative estimate of drug-likeness (QED) is 0.896. The molecule has 0 aliphatic heterocycles. The fourth-order valence-corrected chi connectivity index (χ4v) is 2.22. The van der Waals surface area contributed by atoms with Gasteiger partial charge in [-0.05, 0) is 30.3 Å². The van der Waals surface area contributed by atoms with Crippen molar-refractivity contribution in [2.75, 3.05) is 19.6 Å². The average molecular weight is 336 g/mol. The first kappa shape index (κ1) is 13.2. The Morgan fingerprint density at radius 1 is 1.33 bits per heavy atom. The van der Waals surface area contributed by atoms with E-state index in [1.54, 1.807) is 0 Å². The van der Waals surface area contributed by atoms with Gasteiger partial charge >= 0.3 is 0 Å². The highest BCUT2D eigenvalue weighted by atomic mass is 79.9. The smallest absolute Gasteiger partial charge is 0.0245 e. The molecule has 1 rings (SSSR count). The minimum Gasteiger partial charge on any atom is -0.329 e. The van der Waals surface area contributed by atoms with Crippen LogP contribution >= 0.6 is 31.9 Å². The molecule has 0 amide bonds. The predicted molar refractivity (Wildman–Crippen MR) is 71.8 cm³/mol. The first-order chi connectivity index (χ1) is 7.17. The number of likely N-dealkylation sites (N-methyl/N-ethyl adjacent to an activating group) is 1. The van der Waals surface area contributed by atoms with Gasteiger partial charge in [0.1, 0.15) is 0 Å². The molecule has 15 heavy (non-hydrogen) atoms. The summed E-state index contributed by atoms with van der Waals surface area (Å²) in [7, 11) is 0. The zero-order chi connectivity index (χ0) is 11.3. The maximum atomic E-state index is 5.56. The fraction of sp³-hybridized carbons (Fsp3) is 0.455. The molecule has 0 unspecified atom stereocenters. The average Bonchev–Trinajstić information content (AvgIpc) is 2.22. The molecular weight excluding hydrogens is 320 g/mol. The van der Waals surface area contributed by atoms with E-state index in [1.807, 2.05) is 6.07 Å².